The van der Waals surface area contributed by atoms with Gasteiger partial charge in [0.25, 0.3) is 0 Å². The van der Waals surface area contributed by atoms with Crippen LogP contribution in [0.2, 0.25) is 0 Å². The van der Waals surface area contributed by atoms with Gasteiger partial charge >= 0.3 is 0 Å². The molecule has 2 heteroatoms. The summed E-state index contributed by atoms with van der Waals surface area (Å²) in [6.07, 6.45) is 2.94. The maximum Gasteiger partial charge on any atom is 0.195 e. The average molecular weight is 188 g/mol. The first kappa shape index (κ1) is 10.4. The van der Waals surface area contributed by atoms with Gasteiger partial charge in [-0.05, 0) is 6.42 Å². The van der Waals surface area contributed by atoms with E-state index >= 15 is 0 Å². The van der Waals surface area contributed by atoms with Gasteiger partial charge < -0.3 is 0 Å². The normalized spacial score (nSPS) is 11.1. The zero-order valence-electron chi connectivity index (χ0n) is 8.07. The van der Waals surface area contributed by atoms with Crippen LogP contribution in [0.4, 0.5) is 0 Å². The average Bonchev–Trinajstić information content (AvgIpc) is 2.26. The second-order valence-electron chi connectivity index (χ2n) is 2.88. The molecule has 0 spiro atoms. The third kappa shape index (κ3) is 2.39. The van der Waals surface area contributed by atoms with Gasteiger partial charge in [-0.2, -0.15) is 0 Å². The fraction of sp³-hybridized carbons (Fsp3) is 0.167. The summed E-state index contributed by atoms with van der Waals surface area (Å²) < 4.78 is 0. The van der Waals surface area contributed by atoms with Crippen LogP contribution in [-0.2, 0) is 4.79 Å². The van der Waals surface area contributed by atoms with Gasteiger partial charge in [-0.3, -0.25) is 9.59 Å². The van der Waals surface area contributed by atoms with E-state index in [1.54, 1.807) is 30.3 Å². The Morgan fingerprint density at radius 1 is 1.29 bits per heavy atom. The van der Waals surface area contributed by atoms with Gasteiger partial charge in [0.15, 0.2) is 12.1 Å². The molecule has 2 nitrogen and oxygen atoms in total. The molecule has 0 saturated heterocycles. The van der Waals surface area contributed by atoms with E-state index in [9.17, 15) is 9.59 Å². The van der Waals surface area contributed by atoms with Gasteiger partial charge in [0.1, 0.15) is 0 Å². The second-order valence-corrected chi connectivity index (χ2v) is 2.88. The highest BCUT2D eigenvalue weighted by molar-refractivity contribution is 6.20. The fourth-order valence-electron chi connectivity index (χ4n) is 1.17. The Bertz CT molecular complexity index is 350. The molecule has 0 amide bonds. The number of carbonyl (C=O) groups excluding carboxylic acids is 2. The molecule has 0 radical (unpaired) electrons. The maximum atomic E-state index is 11.7. The van der Waals surface area contributed by atoms with E-state index < -0.39 is 0 Å². The summed E-state index contributed by atoms with van der Waals surface area (Å²) in [7, 11) is 0. The Morgan fingerprint density at radius 2 is 1.93 bits per heavy atom. The van der Waals surface area contributed by atoms with E-state index in [-0.39, 0.29) is 11.4 Å². The molecule has 0 fully saturated rings. The summed E-state index contributed by atoms with van der Waals surface area (Å²) in [6, 6.07) is 8.80. The summed E-state index contributed by atoms with van der Waals surface area (Å²) in [4.78, 5) is 22.3. The molecule has 0 aliphatic rings. The van der Waals surface area contributed by atoms with Crippen LogP contribution in [0.1, 0.15) is 23.7 Å². The van der Waals surface area contributed by atoms with Crippen LogP contribution in [0.5, 0.6) is 0 Å². The van der Waals surface area contributed by atoms with Crippen molar-refractivity contribution in [3.8, 4) is 0 Å². The Hall–Kier alpha value is -1.70. The minimum Gasteiger partial charge on any atom is -0.298 e. The van der Waals surface area contributed by atoms with Crippen LogP contribution in [0.25, 0.3) is 0 Å². The maximum absolute atomic E-state index is 11.7. The minimum absolute atomic E-state index is 0.206. The van der Waals surface area contributed by atoms with E-state index in [2.05, 4.69) is 0 Å². The van der Waals surface area contributed by atoms with Crippen molar-refractivity contribution in [3.63, 3.8) is 0 Å². The third-order valence-corrected chi connectivity index (χ3v) is 1.85. The number of hydrogen-bond donors (Lipinski definition) is 0. The summed E-state index contributed by atoms with van der Waals surface area (Å²) >= 11 is 0. The molecule has 1 aromatic rings. The largest absolute Gasteiger partial charge is 0.298 e. The minimum atomic E-state index is -0.206. The predicted octanol–water partition coefficient (Wildman–Crippen LogP) is 2.40. The van der Waals surface area contributed by atoms with Crippen LogP contribution >= 0.6 is 0 Å². The van der Waals surface area contributed by atoms with Crippen molar-refractivity contribution in [2.45, 2.75) is 13.3 Å². The molecule has 0 atom stereocenters. The molecule has 0 bridgehead atoms. The van der Waals surface area contributed by atoms with Crippen LogP contribution in [-0.4, -0.2) is 12.1 Å². The van der Waals surface area contributed by atoms with Crippen molar-refractivity contribution >= 4 is 12.1 Å². The molecule has 1 aromatic carbocycles. The smallest absolute Gasteiger partial charge is 0.195 e. The highest BCUT2D eigenvalue weighted by Gasteiger charge is 2.09. The lowest BCUT2D eigenvalue weighted by Gasteiger charge is -1.98. The van der Waals surface area contributed by atoms with Crippen molar-refractivity contribution in [2.75, 3.05) is 0 Å². The monoisotopic (exact) mass is 188 g/mol. The fourth-order valence-corrected chi connectivity index (χ4v) is 1.17. The SMILES string of the molecule is CCC=C(C=O)C(=O)c1ccccc1. The molecule has 0 N–H and O–H groups in total. The third-order valence-electron chi connectivity index (χ3n) is 1.85. The van der Waals surface area contributed by atoms with Crippen molar-refractivity contribution < 1.29 is 9.59 Å². The first-order valence-corrected chi connectivity index (χ1v) is 4.54. The number of Topliss-reactive ketones (excluding diaryl/α,β-unsaturated/α-hetero) is 1. The van der Waals surface area contributed by atoms with E-state index in [0.717, 1.165) is 0 Å². The number of allylic oxidation sites excluding steroid dienone is 2. The molecule has 0 heterocycles. The molecule has 0 unspecified atom stereocenters. The highest BCUT2D eigenvalue weighted by Crippen LogP contribution is 2.06. The van der Waals surface area contributed by atoms with E-state index in [4.69, 9.17) is 0 Å². The van der Waals surface area contributed by atoms with Gasteiger partial charge in [-0.1, -0.05) is 43.3 Å². The molecular weight excluding hydrogens is 176 g/mol. The van der Waals surface area contributed by atoms with E-state index in [0.29, 0.717) is 18.3 Å². The first-order chi connectivity index (χ1) is 6.79. The lowest BCUT2D eigenvalue weighted by Crippen LogP contribution is -2.04. The molecular formula is C12H12O2. The van der Waals surface area contributed by atoms with Crippen LogP contribution in [0.15, 0.2) is 42.0 Å². The predicted molar refractivity (Wildman–Crippen MR) is 55.2 cm³/mol. The van der Waals surface area contributed by atoms with Gasteiger partial charge in [0.2, 0.25) is 0 Å². The molecule has 72 valence electrons. The van der Waals surface area contributed by atoms with Gasteiger partial charge in [-0.15, -0.1) is 0 Å². The Kier molecular flexibility index (Phi) is 3.80. The van der Waals surface area contributed by atoms with Crippen molar-refractivity contribution in [2.24, 2.45) is 0 Å². The molecule has 0 aromatic heterocycles. The van der Waals surface area contributed by atoms with Gasteiger partial charge in [0, 0.05) is 5.56 Å². The van der Waals surface area contributed by atoms with Crippen LogP contribution in [0, 0.1) is 0 Å². The Balaban J connectivity index is 2.95. The highest BCUT2D eigenvalue weighted by atomic mass is 16.1. The summed E-state index contributed by atoms with van der Waals surface area (Å²) in [5, 5.41) is 0. The Morgan fingerprint density at radius 3 is 2.43 bits per heavy atom. The lowest BCUT2D eigenvalue weighted by molar-refractivity contribution is -0.104. The van der Waals surface area contributed by atoms with Crippen molar-refractivity contribution in [1.82, 2.24) is 0 Å². The quantitative estimate of drug-likeness (QED) is 0.239. The zero-order chi connectivity index (χ0) is 10.4. The molecule has 0 saturated carbocycles. The summed E-state index contributed by atoms with van der Waals surface area (Å²) in [5.74, 6) is -0.206. The topological polar surface area (TPSA) is 34.1 Å². The summed E-state index contributed by atoms with van der Waals surface area (Å²) in [6.45, 7) is 1.89. The van der Waals surface area contributed by atoms with E-state index in [1.165, 1.54) is 0 Å². The number of hydrogen-bond acceptors (Lipinski definition) is 2. The summed E-state index contributed by atoms with van der Waals surface area (Å²) in [5.41, 5.74) is 0.790. The molecule has 14 heavy (non-hydrogen) atoms. The van der Waals surface area contributed by atoms with Crippen molar-refractivity contribution in [1.29, 1.82) is 0 Å². The number of carbonyl (C=O) groups is 2. The molecule has 1 rings (SSSR count). The van der Waals surface area contributed by atoms with Gasteiger partial charge in [-0.25, -0.2) is 0 Å². The van der Waals surface area contributed by atoms with E-state index in [1.807, 2.05) is 13.0 Å². The number of rotatable bonds is 4. The number of aldehydes is 1. The van der Waals surface area contributed by atoms with Gasteiger partial charge in [0.05, 0.1) is 5.57 Å². The Labute approximate surface area is 83.3 Å². The first-order valence-electron chi connectivity index (χ1n) is 4.54. The lowest BCUT2D eigenvalue weighted by atomic mass is 10.0. The zero-order valence-corrected chi connectivity index (χ0v) is 8.07. The van der Waals surface area contributed by atoms with Crippen LogP contribution < -0.4 is 0 Å². The van der Waals surface area contributed by atoms with Crippen molar-refractivity contribution in [3.05, 3.63) is 47.5 Å². The second kappa shape index (κ2) is 5.12. The number of benzene rings is 1. The molecule has 0 aliphatic carbocycles. The van der Waals surface area contributed by atoms with Crippen LogP contribution in [0.3, 0.4) is 0 Å². The molecule has 0 aliphatic heterocycles. The standard InChI is InChI=1S/C12H12O2/c1-2-6-11(9-13)12(14)10-7-4-3-5-8-10/h3-9H,2H2,1H3. The number of ketones is 1.